The van der Waals surface area contributed by atoms with Crippen LogP contribution in [-0.4, -0.2) is 39.0 Å². The molecule has 0 spiro atoms. The largest absolute Gasteiger partial charge is 0.495 e. The molecule has 7 heteroatoms. The topological polar surface area (TPSA) is 84.7 Å². The first-order chi connectivity index (χ1) is 9.67. The van der Waals surface area contributed by atoms with Crippen LogP contribution in [0.2, 0.25) is 0 Å². The van der Waals surface area contributed by atoms with Crippen molar-refractivity contribution in [2.24, 2.45) is 5.16 Å². The van der Waals surface area contributed by atoms with Crippen molar-refractivity contribution < 1.29 is 14.2 Å². The first-order valence-corrected chi connectivity index (χ1v) is 7.24. The Morgan fingerprint density at radius 1 is 1.40 bits per heavy atom. The Hall–Kier alpha value is -2.28. The summed E-state index contributed by atoms with van der Waals surface area (Å²) >= 11 is 0. The molecule has 2 aromatic rings. The van der Waals surface area contributed by atoms with Crippen LogP contribution in [0.25, 0.3) is 11.4 Å². The number of aromatic nitrogens is 2. The van der Waals surface area contributed by atoms with Crippen LogP contribution in [0.15, 0.2) is 40.5 Å². The minimum absolute atomic E-state index is 0.285. The molecule has 0 aromatic carbocycles. The molecule has 2 rings (SSSR count). The van der Waals surface area contributed by atoms with Gasteiger partial charge in [0.15, 0.2) is 0 Å². The molecule has 0 aliphatic carbocycles. The van der Waals surface area contributed by atoms with Gasteiger partial charge in [-0.05, 0) is 12.1 Å². The molecule has 2 aromatic heterocycles. The molecule has 0 amide bonds. The van der Waals surface area contributed by atoms with Crippen LogP contribution in [0.3, 0.4) is 0 Å². The van der Waals surface area contributed by atoms with Gasteiger partial charge in [0.05, 0.1) is 35.5 Å². The van der Waals surface area contributed by atoms with Gasteiger partial charge in [-0.25, -0.2) is 4.98 Å². The predicted molar refractivity (Wildman–Crippen MR) is 75.7 cm³/mol. The van der Waals surface area contributed by atoms with Crippen LogP contribution in [0.5, 0.6) is 5.75 Å². The first kappa shape index (κ1) is 14.1. The van der Waals surface area contributed by atoms with E-state index in [1.807, 2.05) is 6.07 Å². The molecule has 0 bridgehead atoms. The highest BCUT2D eigenvalue weighted by Crippen LogP contribution is 2.28. The van der Waals surface area contributed by atoms with E-state index in [0.717, 1.165) is 6.21 Å². The number of pyridine rings is 2. The molecule has 0 saturated heterocycles. The van der Waals surface area contributed by atoms with E-state index >= 15 is 0 Å². The summed E-state index contributed by atoms with van der Waals surface area (Å²) in [6.07, 6.45) is 4.29. The maximum absolute atomic E-state index is 11.8. The summed E-state index contributed by atoms with van der Waals surface area (Å²) in [6, 6.07) is 7.09. The summed E-state index contributed by atoms with van der Waals surface area (Å²) in [5.41, 5.74) is 1.48. The third kappa shape index (κ3) is 2.83. The highest BCUT2D eigenvalue weighted by Gasteiger charge is 2.16. The number of rotatable bonds is 4. The number of oxime groups is 1. The molecule has 1 N–H and O–H groups in total. The van der Waals surface area contributed by atoms with E-state index in [1.54, 1.807) is 24.4 Å². The van der Waals surface area contributed by atoms with Gasteiger partial charge in [-0.15, -0.1) is 0 Å². The van der Waals surface area contributed by atoms with Gasteiger partial charge in [0.1, 0.15) is 16.3 Å². The fourth-order valence-electron chi connectivity index (χ4n) is 1.76. The van der Waals surface area contributed by atoms with E-state index in [1.165, 1.54) is 13.4 Å². The molecule has 1 atom stereocenters. The van der Waals surface area contributed by atoms with Crippen LogP contribution < -0.4 is 4.74 Å². The summed E-state index contributed by atoms with van der Waals surface area (Å²) in [5.74, 6) is 0.413. The summed E-state index contributed by atoms with van der Waals surface area (Å²) in [7, 11) is 0.152. The van der Waals surface area contributed by atoms with Gasteiger partial charge in [-0.1, -0.05) is 11.2 Å². The van der Waals surface area contributed by atoms with Gasteiger partial charge in [-0.3, -0.25) is 9.19 Å². The predicted octanol–water partition coefficient (Wildman–Crippen LogP) is 1.70. The molecule has 104 valence electrons. The number of nitrogens with zero attached hydrogens (tertiary/aromatic N) is 3. The zero-order chi connectivity index (χ0) is 14.5. The third-order valence-corrected chi connectivity index (χ3v) is 3.57. The Morgan fingerprint density at radius 2 is 2.20 bits per heavy atom. The summed E-state index contributed by atoms with van der Waals surface area (Å²) < 4.78 is 17.1. The van der Waals surface area contributed by atoms with Crippen molar-refractivity contribution in [2.75, 3.05) is 13.4 Å². The maximum atomic E-state index is 11.8. The second-order valence-electron chi connectivity index (χ2n) is 3.84. The Kier molecular flexibility index (Phi) is 4.41. The molecule has 0 radical (unpaired) electrons. The number of methoxy groups -OCH3 is 1. The third-order valence-electron chi connectivity index (χ3n) is 2.58. The van der Waals surface area contributed by atoms with Gasteiger partial charge in [-0.2, -0.15) is 0 Å². The molecular weight excluding hydrogens is 278 g/mol. The smallest absolute Gasteiger partial charge is 0.139 e. The van der Waals surface area contributed by atoms with Crippen molar-refractivity contribution in [3.63, 3.8) is 0 Å². The highest BCUT2D eigenvalue weighted by molar-refractivity contribution is 7.84. The lowest BCUT2D eigenvalue weighted by atomic mass is 10.2. The first-order valence-electron chi connectivity index (χ1n) is 5.68. The highest BCUT2D eigenvalue weighted by atomic mass is 32.2. The molecule has 2 heterocycles. The zero-order valence-electron chi connectivity index (χ0n) is 11.0. The number of hydrogen-bond acceptors (Lipinski definition) is 6. The minimum atomic E-state index is -1.33. The summed E-state index contributed by atoms with van der Waals surface area (Å²) in [6.45, 7) is 0. The monoisotopic (exact) mass is 291 g/mol. The van der Waals surface area contributed by atoms with Gasteiger partial charge in [0.25, 0.3) is 0 Å². The Bertz CT molecular complexity index is 659. The number of ether oxygens (including phenoxy) is 1. The summed E-state index contributed by atoms with van der Waals surface area (Å²) in [4.78, 5) is 8.90. The lowest BCUT2D eigenvalue weighted by Crippen LogP contribution is -2.04. The van der Waals surface area contributed by atoms with Crippen LogP contribution in [0.4, 0.5) is 0 Å². The molecule has 0 aliphatic heterocycles. The average molecular weight is 291 g/mol. The average Bonchev–Trinajstić information content (AvgIpc) is 2.47. The van der Waals surface area contributed by atoms with Crippen LogP contribution >= 0.6 is 0 Å². The lowest BCUT2D eigenvalue weighted by molar-refractivity contribution is 0.321. The van der Waals surface area contributed by atoms with E-state index in [-0.39, 0.29) is 5.69 Å². The molecule has 1 unspecified atom stereocenters. The second kappa shape index (κ2) is 6.25. The second-order valence-corrected chi connectivity index (χ2v) is 5.15. The van der Waals surface area contributed by atoms with E-state index in [2.05, 4.69) is 15.1 Å². The van der Waals surface area contributed by atoms with Crippen molar-refractivity contribution in [1.29, 1.82) is 0 Å². The fourth-order valence-corrected chi connectivity index (χ4v) is 2.58. The Morgan fingerprint density at radius 3 is 2.75 bits per heavy atom. The molecular formula is C13H13N3O3S. The van der Waals surface area contributed by atoms with E-state index in [0.29, 0.717) is 22.0 Å². The molecule has 0 fully saturated rings. The van der Waals surface area contributed by atoms with Crippen LogP contribution in [0.1, 0.15) is 5.69 Å². The van der Waals surface area contributed by atoms with Gasteiger partial charge in [0.2, 0.25) is 0 Å². The van der Waals surface area contributed by atoms with Crippen molar-refractivity contribution >= 4 is 17.0 Å². The number of hydrogen-bond donors (Lipinski definition) is 1. The SMILES string of the molecule is COc1cc(-c2ccccn2)nc(C=NO)c1S(C)=O. The van der Waals surface area contributed by atoms with E-state index in [4.69, 9.17) is 9.94 Å². The quantitative estimate of drug-likeness (QED) is 0.526. The molecule has 0 saturated carbocycles. The fraction of sp³-hybridized carbons (Fsp3) is 0.154. The van der Waals surface area contributed by atoms with Crippen molar-refractivity contribution in [1.82, 2.24) is 9.97 Å². The van der Waals surface area contributed by atoms with Crippen molar-refractivity contribution in [2.45, 2.75) is 4.90 Å². The van der Waals surface area contributed by atoms with Crippen LogP contribution in [0, 0.1) is 0 Å². The van der Waals surface area contributed by atoms with Gasteiger partial charge in [0, 0.05) is 18.5 Å². The molecule has 0 aliphatic rings. The van der Waals surface area contributed by atoms with E-state index < -0.39 is 10.8 Å². The Labute approximate surface area is 118 Å². The normalized spacial score (nSPS) is 12.5. The molecule has 6 nitrogen and oxygen atoms in total. The maximum Gasteiger partial charge on any atom is 0.139 e. The van der Waals surface area contributed by atoms with Crippen LogP contribution in [-0.2, 0) is 10.8 Å². The molecule has 20 heavy (non-hydrogen) atoms. The van der Waals surface area contributed by atoms with Crippen molar-refractivity contribution in [3.8, 4) is 17.1 Å². The van der Waals surface area contributed by atoms with E-state index in [9.17, 15) is 4.21 Å². The van der Waals surface area contributed by atoms with Crippen molar-refractivity contribution in [3.05, 3.63) is 36.2 Å². The zero-order valence-corrected chi connectivity index (χ0v) is 11.8. The van der Waals surface area contributed by atoms with Gasteiger partial charge < -0.3 is 9.94 Å². The Balaban J connectivity index is 2.68. The summed E-state index contributed by atoms with van der Waals surface area (Å²) in [5, 5.41) is 11.7. The lowest BCUT2D eigenvalue weighted by Gasteiger charge is -2.11. The van der Waals surface area contributed by atoms with Gasteiger partial charge >= 0.3 is 0 Å². The minimum Gasteiger partial charge on any atom is -0.495 e. The standard InChI is InChI=1S/C13H13N3O3S/c1-19-12-7-10(9-5-3-4-6-14-9)16-11(8-15-17)13(12)20(2)18/h3-8,17H,1-2H3.